The second-order valence-corrected chi connectivity index (χ2v) is 11.3. The largest absolute Gasteiger partial charge is 0.497 e. The quantitative estimate of drug-likeness (QED) is 0.378. The van der Waals surface area contributed by atoms with Gasteiger partial charge in [-0.25, -0.2) is 8.42 Å². The molecule has 38 heavy (non-hydrogen) atoms. The fourth-order valence-corrected chi connectivity index (χ4v) is 5.62. The number of amides is 2. The highest BCUT2D eigenvalue weighted by atomic mass is 35.5. The molecular formula is C27H29Cl2N3O5S. The van der Waals surface area contributed by atoms with Crippen molar-refractivity contribution in [1.82, 2.24) is 10.2 Å². The summed E-state index contributed by atoms with van der Waals surface area (Å²) in [5, 5.41) is 3.28. The zero-order valence-electron chi connectivity index (χ0n) is 21.4. The summed E-state index contributed by atoms with van der Waals surface area (Å²) < 4.78 is 33.7. The number of nitrogens with one attached hydrogen (secondary N) is 1. The lowest BCUT2D eigenvalue weighted by atomic mass is 10.1. The number of carbonyl (C=O) groups is 2. The maximum absolute atomic E-state index is 13.8. The second kappa shape index (κ2) is 12.5. The summed E-state index contributed by atoms with van der Waals surface area (Å²) in [5.74, 6) is -0.513. The van der Waals surface area contributed by atoms with Crippen LogP contribution in [0.3, 0.4) is 0 Å². The van der Waals surface area contributed by atoms with Crippen LogP contribution in [0.2, 0.25) is 10.0 Å². The Labute approximate surface area is 233 Å². The Morgan fingerprint density at radius 2 is 1.63 bits per heavy atom. The summed E-state index contributed by atoms with van der Waals surface area (Å²) in [6.07, 6.45) is 0. The highest BCUT2D eigenvalue weighted by Crippen LogP contribution is 2.27. The first-order chi connectivity index (χ1) is 18.0. The fraction of sp³-hybridized carbons (Fsp3) is 0.259. The van der Waals surface area contributed by atoms with Crippen molar-refractivity contribution in [3.8, 4) is 5.75 Å². The monoisotopic (exact) mass is 577 g/mol. The Hall–Kier alpha value is -3.27. The fourth-order valence-electron chi connectivity index (χ4n) is 3.74. The predicted octanol–water partition coefficient (Wildman–Crippen LogP) is 4.67. The molecule has 3 rings (SSSR count). The number of hydrogen-bond acceptors (Lipinski definition) is 5. The Balaban J connectivity index is 2.04. The molecule has 1 atom stereocenters. The van der Waals surface area contributed by atoms with E-state index in [1.165, 1.54) is 43.3 Å². The lowest BCUT2D eigenvalue weighted by Crippen LogP contribution is -2.50. The van der Waals surface area contributed by atoms with Gasteiger partial charge in [0.2, 0.25) is 11.8 Å². The van der Waals surface area contributed by atoms with Gasteiger partial charge in [0.1, 0.15) is 18.3 Å². The number of sulfonamides is 1. The van der Waals surface area contributed by atoms with Crippen molar-refractivity contribution >= 4 is 50.7 Å². The number of ether oxygens (including phenoxy) is 1. The summed E-state index contributed by atoms with van der Waals surface area (Å²) in [7, 11) is -1.23. The van der Waals surface area contributed by atoms with Crippen molar-refractivity contribution in [2.24, 2.45) is 0 Å². The topological polar surface area (TPSA) is 96.0 Å². The number of methoxy groups -OCH3 is 1. The van der Waals surface area contributed by atoms with E-state index in [-0.39, 0.29) is 11.4 Å². The number of aryl methyl sites for hydroxylation is 1. The molecule has 0 saturated heterocycles. The van der Waals surface area contributed by atoms with E-state index in [1.54, 1.807) is 49.4 Å². The molecule has 0 heterocycles. The zero-order valence-corrected chi connectivity index (χ0v) is 23.8. The first-order valence-electron chi connectivity index (χ1n) is 11.7. The lowest BCUT2D eigenvalue weighted by molar-refractivity contribution is -0.139. The molecule has 0 unspecified atom stereocenters. The van der Waals surface area contributed by atoms with Gasteiger partial charge in [-0.1, -0.05) is 47.0 Å². The van der Waals surface area contributed by atoms with Gasteiger partial charge in [-0.05, 0) is 67.9 Å². The number of benzene rings is 3. The van der Waals surface area contributed by atoms with Crippen molar-refractivity contribution in [2.45, 2.75) is 31.3 Å². The molecule has 0 aromatic heterocycles. The minimum absolute atomic E-state index is 0.0154. The van der Waals surface area contributed by atoms with Gasteiger partial charge >= 0.3 is 0 Å². The van der Waals surface area contributed by atoms with Gasteiger partial charge in [-0.15, -0.1) is 0 Å². The molecule has 0 aliphatic carbocycles. The number of rotatable bonds is 10. The average Bonchev–Trinajstić information content (AvgIpc) is 2.90. The van der Waals surface area contributed by atoms with Crippen LogP contribution < -0.4 is 14.4 Å². The highest BCUT2D eigenvalue weighted by Gasteiger charge is 2.32. The van der Waals surface area contributed by atoms with Crippen LogP contribution in [-0.2, 0) is 26.2 Å². The third-order valence-electron chi connectivity index (χ3n) is 6.02. The van der Waals surface area contributed by atoms with E-state index in [1.807, 2.05) is 6.92 Å². The number of likely N-dealkylation sites (N-methyl/N-ethyl adjacent to an activating group) is 1. The van der Waals surface area contributed by atoms with E-state index in [4.69, 9.17) is 27.9 Å². The maximum atomic E-state index is 13.8. The Kier molecular flexibility index (Phi) is 9.65. The van der Waals surface area contributed by atoms with Gasteiger partial charge in [-0.3, -0.25) is 13.9 Å². The SMILES string of the molecule is CNC(=O)[C@H](C)N(Cc1ccc(Cl)cc1Cl)C(=O)CN(c1ccc(C)cc1)S(=O)(=O)c1ccc(OC)cc1. The molecule has 0 aliphatic rings. The minimum atomic E-state index is -4.17. The average molecular weight is 579 g/mol. The smallest absolute Gasteiger partial charge is 0.264 e. The van der Waals surface area contributed by atoms with Gasteiger partial charge in [0, 0.05) is 23.6 Å². The van der Waals surface area contributed by atoms with Crippen molar-refractivity contribution in [2.75, 3.05) is 25.0 Å². The highest BCUT2D eigenvalue weighted by molar-refractivity contribution is 7.92. The molecule has 1 N–H and O–H groups in total. The van der Waals surface area contributed by atoms with E-state index in [2.05, 4.69) is 5.32 Å². The van der Waals surface area contributed by atoms with Gasteiger partial charge in [0.25, 0.3) is 10.0 Å². The zero-order chi connectivity index (χ0) is 28.0. The molecule has 0 saturated carbocycles. The van der Waals surface area contributed by atoms with Crippen LogP contribution in [0.15, 0.2) is 71.6 Å². The summed E-state index contributed by atoms with van der Waals surface area (Å²) in [5.41, 5.74) is 1.78. The first kappa shape index (κ1) is 29.3. The van der Waals surface area contributed by atoms with Crippen LogP contribution in [0.4, 0.5) is 5.69 Å². The minimum Gasteiger partial charge on any atom is -0.497 e. The molecule has 2 amide bonds. The number of halogens is 2. The number of nitrogens with zero attached hydrogens (tertiary/aromatic N) is 2. The summed E-state index contributed by atoms with van der Waals surface area (Å²) in [6, 6.07) is 16.6. The molecule has 0 aliphatic heterocycles. The van der Waals surface area contributed by atoms with Crippen LogP contribution in [0.5, 0.6) is 5.75 Å². The van der Waals surface area contributed by atoms with Crippen LogP contribution in [-0.4, -0.2) is 51.9 Å². The summed E-state index contributed by atoms with van der Waals surface area (Å²) >= 11 is 12.4. The van der Waals surface area contributed by atoms with E-state index in [9.17, 15) is 18.0 Å². The molecule has 8 nitrogen and oxygen atoms in total. The second-order valence-electron chi connectivity index (χ2n) is 8.57. The molecule has 202 valence electrons. The van der Waals surface area contributed by atoms with Crippen molar-refractivity contribution in [1.29, 1.82) is 0 Å². The van der Waals surface area contributed by atoms with Crippen LogP contribution in [0, 0.1) is 6.92 Å². The molecule has 0 bridgehead atoms. The van der Waals surface area contributed by atoms with Crippen LogP contribution in [0.25, 0.3) is 0 Å². The van der Waals surface area contributed by atoms with Crippen LogP contribution >= 0.6 is 23.2 Å². The third kappa shape index (κ3) is 6.78. The maximum Gasteiger partial charge on any atom is 0.264 e. The van der Waals surface area contributed by atoms with Gasteiger partial charge in [-0.2, -0.15) is 0 Å². The molecule has 3 aromatic carbocycles. The third-order valence-corrected chi connectivity index (χ3v) is 8.39. The molecular weight excluding hydrogens is 549 g/mol. The Bertz CT molecular complexity index is 1400. The molecule has 0 spiro atoms. The molecule has 11 heteroatoms. The number of hydrogen-bond donors (Lipinski definition) is 1. The number of carbonyl (C=O) groups excluding carboxylic acids is 2. The predicted molar refractivity (Wildman–Crippen MR) is 149 cm³/mol. The van der Waals surface area contributed by atoms with E-state index >= 15 is 0 Å². The Morgan fingerprint density at radius 1 is 1.00 bits per heavy atom. The molecule has 3 aromatic rings. The molecule has 0 radical (unpaired) electrons. The van der Waals surface area contributed by atoms with Crippen molar-refractivity contribution in [3.05, 3.63) is 87.9 Å². The van der Waals surface area contributed by atoms with Gasteiger partial charge in [0.05, 0.1) is 17.7 Å². The number of anilines is 1. The van der Waals surface area contributed by atoms with E-state index in [0.29, 0.717) is 27.0 Å². The summed E-state index contributed by atoms with van der Waals surface area (Å²) in [4.78, 5) is 27.6. The normalized spacial score (nSPS) is 11.9. The summed E-state index contributed by atoms with van der Waals surface area (Å²) in [6.45, 7) is 2.85. The molecule has 0 fully saturated rings. The van der Waals surface area contributed by atoms with Crippen molar-refractivity contribution < 1.29 is 22.7 Å². The van der Waals surface area contributed by atoms with Crippen LogP contribution in [0.1, 0.15) is 18.1 Å². The van der Waals surface area contributed by atoms with E-state index < -0.39 is 34.4 Å². The Morgan fingerprint density at radius 3 is 2.18 bits per heavy atom. The van der Waals surface area contributed by atoms with Gasteiger partial charge in [0.15, 0.2) is 0 Å². The first-order valence-corrected chi connectivity index (χ1v) is 13.9. The standard InChI is InChI=1S/C27H29Cl2N3O5S/c1-18-5-9-22(10-6-18)32(38(35,36)24-13-11-23(37-4)12-14-24)17-26(33)31(19(2)27(34)30-3)16-20-7-8-21(28)15-25(20)29/h5-15,19H,16-17H2,1-4H3,(H,30,34)/t19-/m0/s1. The lowest BCUT2D eigenvalue weighted by Gasteiger charge is -2.32. The van der Waals surface area contributed by atoms with Crippen molar-refractivity contribution in [3.63, 3.8) is 0 Å². The van der Waals surface area contributed by atoms with E-state index in [0.717, 1.165) is 9.87 Å². The van der Waals surface area contributed by atoms with Gasteiger partial charge < -0.3 is 15.0 Å².